The van der Waals surface area contributed by atoms with Crippen LogP contribution >= 0.6 is 0 Å². The van der Waals surface area contributed by atoms with Crippen molar-refractivity contribution in [2.75, 3.05) is 19.8 Å². The summed E-state index contributed by atoms with van der Waals surface area (Å²) in [4.78, 5) is 25.1. The van der Waals surface area contributed by atoms with Crippen LogP contribution in [-0.4, -0.2) is 37.9 Å². The highest BCUT2D eigenvalue weighted by Crippen LogP contribution is 2.12. The fraction of sp³-hybridized carbons (Fsp3) is 0.714. The van der Waals surface area contributed by atoms with Crippen molar-refractivity contribution in [2.24, 2.45) is 0 Å². The van der Waals surface area contributed by atoms with Crippen molar-refractivity contribution >= 4 is 11.9 Å². The molecule has 0 amide bonds. The van der Waals surface area contributed by atoms with Crippen LogP contribution in [0.15, 0.2) is 72.9 Å². The van der Waals surface area contributed by atoms with Gasteiger partial charge in [0, 0.05) is 19.4 Å². The summed E-state index contributed by atoms with van der Waals surface area (Å²) in [6, 6.07) is 0. The summed E-state index contributed by atoms with van der Waals surface area (Å²) in [6.07, 6.45) is 56.3. The number of carbonyl (C=O) groups is 2. The molecule has 0 aliphatic carbocycles. The standard InChI is InChI=1S/C49H84O5/c1-4-7-10-13-16-18-20-22-24-25-26-27-29-31-34-36-39-42-48(50)53-46-47(54-49(51)43-40-37-33-15-12-9-6-3)45-52-44-41-38-35-32-30-28-23-21-19-17-14-11-8-5-2/h7,10,16,18-19,21-22,24,26-27,31,34,47H,4-6,8-9,11-15,17,20,23,25,28-30,32-33,35-46H2,1-3H3/b10-7-,18-16-,21-19-,24-22-,27-26-,34-31-. The van der Waals surface area contributed by atoms with Crippen molar-refractivity contribution in [3.05, 3.63) is 72.9 Å². The lowest BCUT2D eigenvalue weighted by Crippen LogP contribution is -2.30. The lowest BCUT2D eigenvalue weighted by molar-refractivity contribution is -0.163. The second-order valence-corrected chi connectivity index (χ2v) is 14.6. The summed E-state index contributed by atoms with van der Waals surface area (Å²) < 4.78 is 17.2. The molecule has 0 rings (SSSR count). The summed E-state index contributed by atoms with van der Waals surface area (Å²) in [6.45, 7) is 7.58. The van der Waals surface area contributed by atoms with Gasteiger partial charge in [-0.05, 0) is 83.5 Å². The zero-order valence-electron chi connectivity index (χ0n) is 35.5. The van der Waals surface area contributed by atoms with Gasteiger partial charge in [-0.1, -0.05) is 177 Å². The van der Waals surface area contributed by atoms with Gasteiger partial charge >= 0.3 is 11.9 Å². The van der Waals surface area contributed by atoms with Crippen LogP contribution in [0, 0.1) is 0 Å². The maximum Gasteiger partial charge on any atom is 0.306 e. The Labute approximate surface area is 334 Å². The fourth-order valence-electron chi connectivity index (χ4n) is 5.89. The zero-order chi connectivity index (χ0) is 39.3. The second kappa shape index (κ2) is 44.7. The molecule has 0 saturated carbocycles. The Morgan fingerprint density at radius 1 is 0.426 bits per heavy atom. The molecule has 0 radical (unpaired) electrons. The quantitative estimate of drug-likeness (QED) is 0.0354. The van der Waals surface area contributed by atoms with Crippen molar-refractivity contribution in [1.29, 1.82) is 0 Å². The van der Waals surface area contributed by atoms with Crippen LogP contribution in [0.1, 0.15) is 201 Å². The summed E-state index contributed by atoms with van der Waals surface area (Å²) in [5.74, 6) is -0.476. The Kier molecular flexibility index (Phi) is 42.5. The first-order valence-corrected chi connectivity index (χ1v) is 22.5. The van der Waals surface area contributed by atoms with Gasteiger partial charge in [0.1, 0.15) is 6.61 Å². The SMILES string of the molecule is CC/C=C\C/C=C\C/C=C\C/C=C\C/C=C\CCCC(=O)OCC(COCCCCCCCC/C=C\CCCCCC)OC(=O)CCCCCCCCC. The van der Waals surface area contributed by atoms with E-state index in [4.69, 9.17) is 14.2 Å². The Morgan fingerprint density at radius 3 is 1.43 bits per heavy atom. The van der Waals surface area contributed by atoms with E-state index in [0.29, 0.717) is 19.4 Å². The number of carbonyl (C=O) groups excluding carboxylic acids is 2. The first kappa shape index (κ1) is 51.3. The number of esters is 2. The Hall–Kier alpha value is -2.66. The Balaban J connectivity index is 4.27. The monoisotopic (exact) mass is 753 g/mol. The van der Waals surface area contributed by atoms with Crippen LogP contribution in [0.3, 0.4) is 0 Å². The smallest absolute Gasteiger partial charge is 0.306 e. The zero-order valence-corrected chi connectivity index (χ0v) is 35.5. The van der Waals surface area contributed by atoms with Crippen LogP contribution in [0.4, 0.5) is 0 Å². The predicted molar refractivity (Wildman–Crippen MR) is 233 cm³/mol. The van der Waals surface area contributed by atoms with Gasteiger partial charge in [0.25, 0.3) is 0 Å². The number of hydrogen-bond donors (Lipinski definition) is 0. The Morgan fingerprint density at radius 2 is 0.852 bits per heavy atom. The summed E-state index contributed by atoms with van der Waals surface area (Å²) >= 11 is 0. The van der Waals surface area contributed by atoms with Crippen LogP contribution in [0.2, 0.25) is 0 Å². The summed E-state index contributed by atoms with van der Waals surface area (Å²) in [5.41, 5.74) is 0. The van der Waals surface area contributed by atoms with Crippen molar-refractivity contribution in [2.45, 2.75) is 207 Å². The Bertz CT molecular complexity index is 988. The molecule has 0 aliphatic rings. The van der Waals surface area contributed by atoms with Gasteiger partial charge in [0.2, 0.25) is 0 Å². The first-order valence-electron chi connectivity index (χ1n) is 22.5. The summed E-state index contributed by atoms with van der Waals surface area (Å²) in [5, 5.41) is 0. The van der Waals surface area contributed by atoms with Crippen LogP contribution in [-0.2, 0) is 23.8 Å². The molecular weight excluding hydrogens is 669 g/mol. The molecule has 0 bridgehead atoms. The predicted octanol–water partition coefficient (Wildman–Crippen LogP) is 14.8. The molecule has 1 unspecified atom stereocenters. The molecular formula is C49H84O5. The van der Waals surface area contributed by atoms with Gasteiger partial charge in [-0.2, -0.15) is 0 Å². The molecule has 54 heavy (non-hydrogen) atoms. The molecule has 0 aromatic rings. The highest BCUT2D eigenvalue weighted by molar-refractivity contribution is 5.70. The van der Waals surface area contributed by atoms with E-state index in [9.17, 15) is 9.59 Å². The minimum atomic E-state index is -0.559. The molecule has 5 heteroatoms. The van der Waals surface area contributed by atoms with E-state index in [2.05, 4.69) is 93.7 Å². The molecule has 0 spiro atoms. The maximum atomic E-state index is 12.6. The third-order valence-electron chi connectivity index (χ3n) is 9.23. The second-order valence-electron chi connectivity index (χ2n) is 14.6. The van der Waals surface area contributed by atoms with E-state index in [1.807, 2.05) is 0 Å². The van der Waals surface area contributed by atoms with Crippen LogP contribution in [0.5, 0.6) is 0 Å². The topological polar surface area (TPSA) is 61.8 Å². The van der Waals surface area contributed by atoms with E-state index in [-0.39, 0.29) is 25.2 Å². The fourth-order valence-corrected chi connectivity index (χ4v) is 5.89. The number of unbranched alkanes of at least 4 members (excludes halogenated alkanes) is 17. The number of allylic oxidation sites excluding steroid dienone is 12. The van der Waals surface area contributed by atoms with E-state index in [1.165, 1.54) is 89.9 Å². The molecule has 0 heterocycles. The molecule has 0 aliphatic heterocycles. The minimum absolute atomic E-state index is 0.0520. The maximum absolute atomic E-state index is 12.6. The minimum Gasteiger partial charge on any atom is -0.462 e. The van der Waals surface area contributed by atoms with E-state index in [0.717, 1.165) is 77.0 Å². The lowest BCUT2D eigenvalue weighted by Gasteiger charge is -2.18. The highest BCUT2D eigenvalue weighted by Gasteiger charge is 2.17. The molecule has 0 N–H and O–H groups in total. The van der Waals surface area contributed by atoms with Gasteiger partial charge in [-0.3, -0.25) is 9.59 Å². The molecule has 0 saturated heterocycles. The van der Waals surface area contributed by atoms with Gasteiger partial charge in [-0.15, -0.1) is 0 Å². The molecule has 310 valence electrons. The molecule has 0 aromatic heterocycles. The van der Waals surface area contributed by atoms with Crippen LogP contribution < -0.4 is 0 Å². The normalized spacial score (nSPS) is 12.9. The molecule has 1 atom stereocenters. The largest absolute Gasteiger partial charge is 0.462 e. The molecule has 0 aromatic carbocycles. The van der Waals surface area contributed by atoms with Crippen LogP contribution in [0.25, 0.3) is 0 Å². The third-order valence-corrected chi connectivity index (χ3v) is 9.23. The highest BCUT2D eigenvalue weighted by atomic mass is 16.6. The number of ether oxygens (including phenoxy) is 3. The van der Waals surface area contributed by atoms with Crippen molar-refractivity contribution in [3.63, 3.8) is 0 Å². The van der Waals surface area contributed by atoms with Crippen molar-refractivity contribution in [3.8, 4) is 0 Å². The van der Waals surface area contributed by atoms with Gasteiger partial charge in [0.15, 0.2) is 6.10 Å². The number of rotatable bonds is 40. The van der Waals surface area contributed by atoms with E-state index in [1.54, 1.807) is 0 Å². The van der Waals surface area contributed by atoms with E-state index < -0.39 is 6.10 Å². The summed E-state index contributed by atoms with van der Waals surface area (Å²) in [7, 11) is 0. The first-order chi connectivity index (χ1) is 26.6. The molecule has 0 fully saturated rings. The van der Waals surface area contributed by atoms with Crippen molar-refractivity contribution in [1.82, 2.24) is 0 Å². The van der Waals surface area contributed by atoms with Gasteiger partial charge in [-0.25, -0.2) is 0 Å². The number of hydrogen-bond acceptors (Lipinski definition) is 5. The lowest BCUT2D eigenvalue weighted by atomic mass is 10.1. The molecule has 5 nitrogen and oxygen atoms in total. The van der Waals surface area contributed by atoms with Gasteiger partial charge < -0.3 is 14.2 Å². The van der Waals surface area contributed by atoms with Crippen molar-refractivity contribution < 1.29 is 23.8 Å². The van der Waals surface area contributed by atoms with E-state index >= 15 is 0 Å². The van der Waals surface area contributed by atoms with Gasteiger partial charge in [0.05, 0.1) is 6.61 Å². The average molecular weight is 753 g/mol. The third kappa shape index (κ3) is 42.1. The average Bonchev–Trinajstić information content (AvgIpc) is 3.17.